The predicted octanol–water partition coefficient (Wildman–Crippen LogP) is 4.96. The molecule has 0 aromatic heterocycles. The quantitative estimate of drug-likeness (QED) is 0.707. The molecule has 2 atom stereocenters. The van der Waals surface area contributed by atoms with E-state index in [9.17, 15) is 4.79 Å². The van der Waals surface area contributed by atoms with E-state index in [1.807, 2.05) is 0 Å². The maximum atomic E-state index is 11.7. The van der Waals surface area contributed by atoms with Gasteiger partial charge in [0.05, 0.1) is 0 Å². The van der Waals surface area contributed by atoms with Crippen molar-refractivity contribution in [1.29, 1.82) is 0 Å². The minimum absolute atomic E-state index is 0.135. The highest BCUT2D eigenvalue weighted by molar-refractivity contribution is 9.10. The van der Waals surface area contributed by atoms with Gasteiger partial charge in [-0.15, -0.1) is 0 Å². The second-order valence-corrected chi connectivity index (χ2v) is 7.99. The van der Waals surface area contributed by atoms with Crippen LogP contribution in [0.1, 0.15) is 37.3 Å². The Labute approximate surface area is 146 Å². The van der Waals surface area contributed by atoms with Crippen LogP contribution in [0, 0.1) is 11.8 Å². The highest BCUT2D eigenvalue weighted by Gasteiger charge is 2.35. The average Bonchev–Trinajstić information content (AvgIpc) is 3.38. The highest BCUT2D eigenvalue weighted by Crippen LogP contribution is 2.40. The number of benzene rings is 2. The second kappa shape index (κ2) is 6.37. The summed E-state index contributed by atoms with van der Waals surface area (Å²) < 4.78 is 1.11. The molecule has 23 heavy (non-hydrogen) atoms. The summed E-state index contributed by atoms with van der Waals surface area (Å²) in [5.41, 5.74) is 1.30. The molecule has 0 radical (unpaired) electrons. The number of piperidine rings is 1. The molecule has 1 saturated carbocycles. The molecule has 0 spiro atoms. The van der Waals surface area contributed by atoms with Crippen LogP contribution in [0.3, 0.4) is 0 Å². The molecule has 2 aliphatic rings. The monoisotopic (exact) mass is 371 g/mol. The maximum Gasteiger partial charge on any atom is 0.124 e. The fourth-order valence-electron chi connectivity index (χ4n) is 3.95. The molecule has 120 valence electrons. The van der Waals surface area contributed by atoms with Gasteiger partial charge in [-0.1, -0.05) is 34.1 Å². The molecule has 2 nitrogen and oxygen atoms in total. The molecule has 2 aromatic rings. The number of fused-ring (bicyclic) bond motifs is 1. The number of likely N-dealkylation sites (tertiary alicyclic amines) is 1. The van der Waals surface area contributed by atoms with Crippen molar-refractivity contribution in [3.05, 3.63) is 46.4 Å². The van der Waals surface area contributed by atoms with Crippen LogP contribution in [0.15, 0.2) is 40.9 Å². The Balaban J connectivity index is 1.71. The lowest BCUT2D eigenvalue weighted by atomic mass is 9.84. The summed E-state index contributed by atoms with van der Waals surface area (Å²) in [5, 5.41) is 2.50. The number of halogens is 1. The van der Waals surface area contributed by atoms with E-state index in [2.05, 4.69) is 57.2 Å². The summed E-state index contributed by atoms with van der Waals surface area (Å²) in [6, 6.07) is 13.4. The number of hydrogen-bond donors (Lipinski definition) is 0. The zero-order valence-electron chi connectivity index (χ0n) is 13.2. The van der Waals surface area contributed by atoms with Gasteiger partial charge in [-0.05, 0) is 72.7 Å². The third-order valence-corrected chi connectivity index (χ3v) is 5.81. The van der Waals surface area contributed by atoms with E-state index in [1.165, 1.54) is 35.5 Å². The van der Waals surface area contributed by atoms with E-state index < -0.39 is 0 Å². The Morgan fingerprint density at radius 3 is 2.65 bits per heavy atom. The molecule has 2 fully saturated rings. The first-order valence-corrected chi connectivity index (χ1v) is 9.42. The topological polar surface area (TPSA) is 20.3 Å². The van der Waals surface area contributed by atoms with Crippen LogP contribution in [-0.4, -0.2) is 24.3 Å². The number of carbonyl (C=O) groups excluding carboxylic acids is 1. The SMILES string of the molecule is O=CC1CCCN(CC2CC2)C1c1ccc2cc(Br)ccc2c1. The number of carbonyl (C=O) groups is 1. The number of rotatable bonds is 4. The summed E-state index contributed by atoms with van der Waals surface area (Å²) in [4.78, 5) is 14.2. The number of hydrogen-bond acceptors (Lipinski definition) is 2. The van der Waals surface area contributed by atoms with Crippen LogP contribution in [0.5, 0.6) is 0 Å². The van der Waals surface area contributed by atoms with E-state index in [4.69, 9.17) is 0 Å². The lowest BCUT2D eigenvalue weighted by Crippen LogP contribution is -2.40. The van der Waals surface area contributed by atoms with E-state index in [-0.39, 0.29) is 12.0 Å². The van der Waals surface area contributed by atoms with Gasteiger partial charge in [-0.2, -0.15) is 0 Å². The maximum absolute atomic E-state index is 11.7. The molecular formula is C20H22BrNO. The van der Waals surface area contributed by atoms with Crippen LogP contribution in [0.2, 0.25) is 0 Å². The molecule has 2 unspecified atom stereocenters. The Morgan fingerprint density at radius 2 is 1.87 bits per heavy atom. The average molecular weight is 372 g/mol. The molecule has 1 aliphatic heterocycles. The first-order valence-electron chi connectivity index (χ1n) is 8.63. The largest absolute Gasteiger partial charge is 0.303 e. The molecule has 2 aromatic carbocycles. The van der Waals surface area contributed by atoms with Crippen molar-refractivity contribution in [3.63, 3.8) is 0 Å². The predicted molar refractivity (Wildman–Crippen MR) is 97.5 cm³/mol. The molecule has 0 bridgehead atoms. The van der Waals surface area contributed by atoms with E-state index in [1.54, 1.807) is 0 Å². The standard InChI is InChI=1S/C20H22BrNO/c21-19-8-7-15-10-17(6-5-16(15)11-19)20-18(13-23)2-1-9-22(20)12-14-3-4-14/h5-8,10-11,13-14,18,20H,1-4,9,12H2. The molecule has 3 heteroatoms. The van der Waals surface area contributed by atoms with Gasteiger partial charge < -0.3 is 4.79 Å². The van der Waals surface area contributed by atoms with Gasteiger partial charge in [0.25, 0.3) is 0 Å². The number of nitrogens with zero attached hydrogens (tertiary/aromatic N) is 1. The molecular weight excluding hydrogens is 350 g/mol. The third kappa shape index (κ3) is 3.22. The normalized spacial score (nSPS) is 25.6. The summed E-state index contributed by atoms with van der Waals surface area (Å²) >= 11 is 3.54. The van der Waals surface area contributed by atoms with E-state index in [0.717, 1.165) is 36.3 Å². The first-order chi connectivity index (χ1) is 11.2. The van der Waals surface area contributed by atoms with Gasteiger partial charge in [-0.25, -0.2) is 0 Å². The summed E-state index contributed by atoms with van der Waals surface area (Å²) in [6.45, 7) is 2.29. The van der Waals surface area contributed by atoms with Crippen LogP contribution >= 0.6 is 15.9 Å². The Hall–Kier alpha value is -1.19. The minimum Gasteiger partial charge on any atom is -0.303 e. The van der Waals surface area contributed by atoms with Crippen LogP contribution in [0.4, 0.5) is 0 Å². The summed E-state index contributed by atoms with van der Waals surface area (Å²) in [6.07, 6.45) is 6.08. The van der Waals surface area contributed by atoms with Gasteiger partial charge >= 0.3 is 0 Å². The number of aldehydes is 1. The van der Waals surface area contributed by atoms with Crippen molar-refractivity contribution in [2.45, 2.75) is 31.7 Å². The van der Waals surface area contributed by atoms with Crippen molar-refractivity contribution < 1.29 is 4.79 Å². The van der Waals surface area contributed by atoms with Gasteiger partial charge in [0.15, 0.2) is 0 Å². The van der Waals surface area contributed by atoms with E-state index >= 15 is 0 Å². The summed E-state index contributed by atoms with van der Waals surface area (Å²) in [5.74, 6) is 0.995. The molecule has 1 heterocycles. The van der Waals surface area contributed by atoms with Crippen molar-refractivity contribution >= 4 is 33.0 Å². The zero-order valence-corrected chi connectivity index (χ0v) is 14.8. The third-order valence-electron chi connectivity index (χ3n) is 5.31. The van der Waals surface area contributed by atoms with Crippen molar-refractivity contribution in [1.82, 2.24) is 4.90 Å². The molecule has 0 amide bonds. The van der Waals surface area contributed by atoms with Crippen LogP contribution in [-0.2, 0) is 4.79 Å². The fourth-order valence-corrected chi connectivity index (χ4v) is 4.33. The van der Waals surface area contributed by atoms with Gasteiger partial charge in [0.1, 0.15) is 6.29 Å². The van der Waals surface area contributed by atoms with Crippen molar-refractivity contribution in [2.75, 3.05) is 13.1 Å². The van der Waals surface area contributed by atoms with Crippen LogP contribution < -0.4 is 0 Å². The molecule has 0 N–H and O–H groups in total. The van der Waals surface area contributed by atoms with Gasteiger partial charge in [-0.3, -0.25) is 4.90 Å². The van der Waals surface area contributed by atoms with Crippen molar-refractivity contribution in [3.8, 4) is 0 Å². The lowest BCUT2D eigenvalue weighted by Gasteiger charge is -2.40. The Bertz CT molecular complexity index is 725. The summed E-state index contributed by atoms with van der Waals surface area (Å²) in [7, 11) is 0. The van der Waals surface area contributed by atoms with Crippen LogP contribution in [0.25, 0.3) is 10.8 Å². The first kappa shape index (κ1) is 15.3. The highest BCUT2D eigenvalue weighted by atomic mass is 79.9. The Morgan fingerprint density at radius 1 is 1.09 bits per heavy atom. The molecule has 4 rings (SSSR count). The lowest BCUT2D eigenvalue weighted by molar-refractivity contribution is -0.114. The smallest absolute Gasteiger partial charge is 0.124 e. The Kier molecular flexibility index (Phi) is 4.25. The molecule has 1 saturated heterocycles. The minimum atomic E-state index is 0.135. The fraction of sp³-hybridized carbons (Fsp3) is 0.450. The van der Waals surface area contributed by atoms with Gasteiger partial charge in [0, 0.05) is 23.0 Å². The zero-order chi connectivity index (χ0) is 15.8. The van der Waals surface area contributed by atoms with E-state index in [0.29, 0.717) is 0 Å². The van der Waals surface area contributed by atoms with Crippen molar-refractivity contribution in [2.24, 2.45) is 11.8 Å². The second-order valence-electron chi connectivity index (χ2n) is 7.08. The molecule has 1 aliphatic carbocycles. The van der Waals surface area contributed by atoms with Gasteiger partial charge in [0.2, 0.25) is 0 Å².